The molecule has 0 spiro atoms. The Balaban J connectivity index is 2.01. The van der Waals surface area contributed by atoms with Crippen molar-refractivity contribution in [1.29, 1.82) is 0 Å². The predicted molar refractivity (Wildman–Crippen MR) is 62.0 cm³/mol. The number of halogens is 3. The van der Waals surface area contributed by atoms with E-state index in [9.17, 15) is 13.2 Å². The third kappa shape index (κ3) is 3.04. The molecule has 1 aromatic rings. The maximum absolute atomic E-state index is 12.5. The fourth-order valence-electron chi connectivity index (χ4n) is 2.65. The van der Waals surface area contributed by atoms with Crippen LogP contribution in [0.25, 0.3) is 0 Å². The third-order valence-electron chi connectivity index (χ3n) is 3.68. The van der Waals surface area contributed by atoms with Gasteiger partial charge in [0.25, 0.3) is 0 Å². The SMILES string of the molecule is CNC(Cn1cc(C(F)(F)F)cn1)C1CCCC1. The summed E-state index contributed by atoms with van der Waals surface area (Å²) in [5.41, 5.74) is -0.677. The topological polar surface area (TPSA) is 29.9 Å². The molecule has 0 saturated heterocycles. The summed E-state index contributed by atoms with van der Waals surface area (Å²) in [4.78, 5) is 0. The number of hydrogen-bond acceptors (Lipinski definition) is 2. The molecule has 1 heterocycles. The van der Waals surface area contributed by atoms with E-state index in [1.165, 1.54) is 17.5 Å². The van der Waals surface area contributed by atoms with Crippen molar-refractivity contribution in [2.75, 3.05) is 7.05 Å². The second kappa shape index (κ2) is 5.30. The first-order valence-corrected chi connectivity index (χ1v) is 6.27. The van der Waals surface area contributed by atoms with E-state index in [1.54, 1.807) is 0 Å². The maximum Gasteiger partial charge on any atom is 0.419 e. The smallest absolute Gasteiger partial charge is 0.315 e. The number of nitrogens with zero attached hydrogens (tertiary/aromatic N) is 2. The van der Waals surface area contributed by atoms with Crippen LogP contribution in [0.3, 0.4) is 0 Å². The molecule has 18 heavy (non-hydrogen) atoms. The Hall–Kier alpha value is -1.04. The molecule has 102 valence electrons. The minimum atomic E-state index is -4.30. The third-order valence-corrected chi connectivity index (χ3v) is 3.68. The predicted octanol–water partition coefficient (Wildman–Crippen LogP) is 2.68. The molecule has 0 radical (unpaired) electrons. The van der Waals surface area contributed by atoms with Crippen LogP contribution in [-0.2, 0) is 12.7 Å². The first-order valence-electron chi connectivity index (χ1n) is 6.27. The van der Waals surface area contributed by atoms with E-state index in [0.717, 1.165) is 25.2 Å². The van der Waals surface area contributed by atoms with Crippen LogP contribution in [0, 0.1) is 5.92 Å². The van der Waals surface area contributed by atoms with Crippen molar-refractivity contribution in [2.45, 2.75) is 44.4 Å². The number of nitrogens with one attached hydrogen (secondary N) is 1. The molecule has 1 fully saturated rings. The minimum absolute atomic E-state index is 0.202. The summed E-state index contributed by atoms with van der Waals surface area (Å²) in [6.07, 6.45) is 2.41. The number of alkyl halides is 3. The zero-order valence-corrected chi connectivity index (χ0v) is 10.4. The van der Waals surface area contributed by atoms with Crippen LogP contribution in [0.1, 0.15) is 31.2 Å². The lowest BCUT2D eigenvalue weighted by Gasteiger charge is -2.22. The monoisotopic (exact) mass is 261 g/mol. The van der Waals surface area contributed by atoms with Crippen LogP contribution in [0.4, 0.5) is 13.2 Å². The van der Waals surface area contributed by atoms with Gasteiger partial charge < -0.3 is 5.32 Å². The second-order valence-electron chi connectivity index (χ2n) is 4.89. The first-order chi connectivity index (χ1) is 8.50. The molecule has 0 aromatic carbocycles. The quantitative estimate of drug-likeness (QED) is 0.903. The van der Waals surface area contributed by atoms with Crippen LogP contribution >= 0.6 is 0 Å². The lowest BCUT2D eigenvalue weighted by molar-refractivity contribution is -0.137. The van der Waals surface area contributed by atoms with Gasteiger partial charge in [-0.3, -0.25) is 4.68 Å². The number of hydrogen-bond donors (Lipinski definition) is 1. The van der Waals surface area contributed by atoms with Gasteiger partial charge in [-0.1, -0.05) is 12.8 Å². The molecule has 1 aliphatic rings. The molecule has 0 bridgehead atoms. The Morgan fingerprint density at radius 2 is 2.11 bits per heavy atom. The fraction of sp³-hybridized carbons (Fsp3) is 0.750. The molecular weight excluding hydrogens is 243 g/mol. The van der Waals surface area contributed by atoms with Crippen molar-refractivity contribution in [3.05, 3.63) is 18.0 Å². The molecular formula is C12H18F3N3. The van der Waals surface area contributed by atoms with Crippen molar-refractivity contribution < 1.29 is 13.2 Å². The van der Waals surface area contributed by atoms with Gasteiger partial charge in [0.1, 0.15) is 0 Å². The van der Waals surface area contributed by atoms with Gasteiger partial charge in [0, 0.05) is 12.2 Å². The minimum Gasteiger partial charge on any atom is -0.315 e. The number of likely N-dealkylation sites (N-methyl/N-ethyl adjacent to an activating group) is 1. The molecule has 1 unspecified atom stereocenters. The van der Waals surface area contributed by atoms with E-state index in [1.807, 2.05) is 7.05 Å². The summed E-state index contributed by atoms with van der Waals surface area (Å²) in [6.45, 7) is 0.497. The Kier molecular flexibility index (Phi) is 3.94. The summed E-state index contributed by atoms with van der Waals surface area (Å²) in [5, 5.41) is 7.00. The molecule has 0 aliphatic heterocycles. The highest BCUT2D eigenvalue weighted by molar-refractivity contribution is 5.08. The highest BCUT2D eigenvalue weighted by Crippen LogP contribution is 2.30. The van der Waals surface area contributed by atoms with E-state index < -0.39 is 11.7 Å². The first kappa shape index (κ1) is 13.4. The average molecular weight is 261 g/mol. The lowest BCUT2D eigenvalue weighted by Crippen LogP contribution is -2.36. The summed E-state index contributed by atoms with van der Waals surface area (Å²) < 4.78 is 38.7. The molecule has 0 amide bonds. The summed E-state index contributed by atoms with van der Waals surface area (Å²) in [7, 11) is 1.86. The Morgan fingerprint density at radius 1 is 1.44 bits per heavy atom. The van der Waals surface area contributed by atoms with Crippen LogP contribution < -0.4 is 5.32 Å². The normalized spacial score (nSPS) is 19.3. The van der Waals surface area contributed by atoms with Crippen LogP contribution in [0.2, 0.25) is 0 Å². The van der Waals surface area contributed by atoms with Gasteiger partial charge in [-0.2, -0.15) is 18.3 Å². The average Bonchev–Trinajstić information content (AvgIpc) is 2.95. The number of rotatable bonds is 4. The summed E-state index contributed by atoms with van der Waals surface area (Å²) in [6, 6.07) is 0.202. The van der Waals surface area contributed by atoms with E-state index in [0.29, 0.717) is 12.5 Å². The molecule has 3 nitrogen and oxygen atoms in total. The van der Waals surface area contributed by atoms with Gasteiger partial charge in [-0.05, 0) is 25.8 Å². The lowest BCUT2D eigenvalue weighted by atomic mass is 9.98. The highest BCUT2D eigenvalue weighted by atomic mass is 19.4. The number of aromatic nitrogens is 2. The van der Waals surface area contributed by atoms with Crippen molar-refractivity contribution in [2.24, 2.45) is 5.92 Å². The van der Waals surface area contributed by atoms with Crippen LogP contribution in [-0.4, -0.2) is 22.9 Å². The largest absolute Gasteiger partial charge is 0.419 e. The standard InChI is InChI=1S/C12H18F3N3/c1-16-11(9-4-2-3-5-9)8-18-7-10(6-17-18)12(13,14)15/h6-7,9,11,16H,2-5,8H2,1H3. The van der Waals surface area contributed by atoms with E-state index in [2.05, 4.69) is 10.4 Å². The van der Waals surface area contributed by atoms with Crippen LogP contribution in [0.15, 0.2) is 12.4 Å². The van der Waals surface area contributed by atoms with Gasteiger partial charge in [0.05, 0.1) is 18.3 Å². The summed E-state index contributed by atoms with van der Waals surface area (Å²) in [5.74, 6) is 0.550. The summed E-state index contributed by atoms with van der Waals surface area (Å²) >= 11 is 0. The Morgan fingerprint density at radius 3 is 2.61 bits per heavy atom. The molecule has 1 N–H and O–H groups in total. The molecule has 1 atom stereocenters. The molecule has 1 saturated carbocycles. The van der Waals surface area contributed by atoms with E-state index in [4.69, 9.17) is 0 Å². The van der Waals surface area contributed by atoms with E-state index >= 15 is 0 Å². The van der Waals surface area contributed by atoms with Gasteiger partial charge in [0.2, 0.25) is 0 Å². The van der Waals surface area contributed by atoms with Gasteiger partial charge in [-0.25, -0.2) is 0 Å². The molecule has 6 heteroatoms. The van der Waals surface area contributed by atoms with Crippen LogP contribution in [0.5, 0.6) is 0 Å². The molecule has 1 aromatic heterocycles. The Labute approximate surface area is 104 Å². The Bertz CT molecular complexity index is 380. The van der Waals surface area contributed by atoms with Gasteiger partial charge >= 0.3 is 6.18 Å². The van der Waals surface area contributed by atoms with Gasteiger partial charge in [0.15, 0.2) is 0 Å². The van der Waals surface area contributed by atoms with Crippen molar-refractivity contribution in [3.63, 3.8) is 0 Å². The van der Waals surface area contributed by atoms with Gasteiger partial charge in [-0.15, -0.1) is 0 Å². The zero-order chi connectivity index (χ0) is 13.2. The molecule has 2 rings (SSSR count). The maximum atomic E-state index is 12.5. The molecule has 1 aliphatic carbocycles. The van der Waals surface area contributed by atoms with E-state index in [-0.39, 0.29) is 6.04 Å². The fourth-order valence-corrected chi connectivity index (χ4v) is 2.65. The zero-order valence-electron chi connectivity index (χ0n) is 10.4. The second-order valence-corrected chi connectivity index (χ2v) is 4.89. The van der Waals surface area contributed by atoms with Crippen molar-refractivity contribution in [3.8, 4) is 0 Å². The highest BCUT2D eigenvalue weighted by Gasteiger charge is 2.32. The van der Waals surface area contributed by atoms with Crippen molar-refractivity contribution in [1.82, 2.24) is 15.1 Å². The van der Waals surface area contributed by atoms with Crippen molar-refractivity contribution >= 4 is 0 Å².